The van der Waals surface area contributed by atoms with Crippen LogP contribution in [0.25, 0.3) is 0 Å². The van der Waals surface area contributed by atoms with E-state index < -0.39 is 28.0 Å². The first-order valence-corrected chi connectivity index (χ1v) is 11.0. The van der Waals surface area contributed by atoms with Gasteiger partial charge in [0.25, 0.3) is 0 Å². The van der Waals surface area contributed by atoms with Crippen LogP contribution in [0.15, 0.2) is 54.6 Å². The third-order valence-electron chi connectivity index (χ3n) is 3.56. The average Bonchev–Trinajstić information content (AvgIpc) is 2.59. The molecule has 0 bridgehead atoms. The average molecular weight is 422 g/mol. The zero-order valence-corrected chi connectivity index (χ0v) is 17.9. The first kappa shape index (κ1) is 22.7. The molecular formula is C21H27NO6S. The van der Waals surface area contributed by atoms with Crippen LogP contribution in [0.3, 0.4) is 0 Å². The van der Waals surface area contributed by atoms with Crippen LogP contribution in [-0.2, 0) is 32.6 Å². The van der Waals surface area contributed by atoms with Gasteiger partial charge in [-0.2, -0.15) is 8.42 Å². The van der Waals surface area contributed by atoms with E-state index in [1.165, 1.54) is 0 Å². The molecule has 1 unspecified atom stereocenters. The van der Waals surface area contributed by atoms with Gasteiger partial charge in [0.1, 0.15) is 17.6 Å². The number of ether oxygens (including phenoxy) is 2. The summed E-state index contributed by atoms with van der Waals surface area (Å²) in [6, 6.07) is 16.2. The molecule has 0 saturated heterocycles. The first-order valence-electron chi connectivity index (χ1n) is 9.14. The number of nitrogens with one attached hydrogen (secondary N) is 1. The molecule has 1 atom stereocenters. The van der Waals surface area contributed by atoms with Crippen molar-refractivity contribution >= 4 is 16.2 Å². The van der Waals surface area contributed by atoms with Gasteiger partial charge in [-0.05, 0) is 44.0 Å². The van der Waals surface area contributed by atoms with Crippen LogP contribution in [0.5, 0.6) is 5.75 Å². The van der Waals surface area contributed by atoms with Gasteiger partial charge in [-0.25, -0.2) is 4.79 Å². The fourth-order valence-electron chi connectivity index (χ4n) is 2.43. The molecule has 8 heteroatoms. The van der Waals surface area contributed by atoms with Crippen molar-refractivity contribution in [1.82, 2.24) is 5.32 Å². The molecule has 0 saturated carbocycles. The first-order chi connectivity index (χ1) is 13.5. The lowest BCUT2D eigenvalue weighted by Crippen LogP contribution is -2.41. The number of hydrogen-bond donors (Lipinski definition) is 1. The van der Waals surface area contributed by atoms with Crippen molar-refractivity contribution in [1.29, 1.82) is 0 Å². The molecule has 0 heterocycles. The second-order valence-electron chi connectivity index (χ2n) is 7.57. The van der Waals surface area contributed by atoms with Gasteiger partial charge in [-0.3, -0.25) is 5.32 Å². The van der Waals surface area contributed by atoms with Gasteiger partial charge in [0, 0.05) is 6.42 Å². The maximum absolute atomic E-state index is 12.2. The Labute approximate surface area is 172 Å². The largest absolute Gasteiger partial charge is 0.444 e. The number of hydrogen-bond acceptors (Lipinski definition) is 6. The Morgan fingerprint density at radius 3 is 2.17 bits per heavy atom. The van der Waals surface area contributed by atoms with E-state index >= 15 is 0 Å². The third-order valence-corrected chi connectivity index (χ3v) is 4.06. The van der Waals surface area contributed by atoms with Crippen LogP contribution < -0.4 is 9.50 Å². The van der Waals surface area contributed by atoms with E-state index in [0.717, 1.165) is 17.4 Å². The normalized spacial score (nSPS) is 12.8. The molecule has 0 radical (unpaired) electrons. The number of benzene rings is 2. The van der Waals surface area contributed by atoms with Crippen molar-refractivity contribution in [3.05, 3.63) is 65.7 Å². The molecule has 7 nitrogen and oxygen atoms in total. The summed E-state index contributed by atoms with van der Waals surface area (Å²) in [6.07, 6.45) is 0.143. The Morgan fingerprint density at radius 2 is 1.62 bits per heavy atom. The smallest absolute Gasteiger partial charge is 0.409 e. The molecule has 0 spiro atoms. The Morgan fingerprint density at radius 1 is 1.00 bits per heavy atom. The summed E-state index contributed by atoms with van der Waals surface area (Å²) in [5.41, 5.74) is 1.18. The van der Waals surface area contributed by atoms with Crippen molar-refractivity contribution in [3.63, 3.8) is 0 Å². The minimum absolute atomic E-state index is 0.220. The van der Waals surface area contributed by atoms with Gasteiger partial charge in [0.05, 0.1) is 12.9 Å². The maximum atomic E-state index is 12.2. The van der Waals surface area contributed by atoms with Crippen molar-refractivity contribution in [2.75, 3.05) is 6.26 Å². The van der Waals surface area contributed by atoms with Gasteiger partial charge in [0.15, 0.2) is 0 Å². The highest BCUT2D eigenvalue weighted by molar-refractivity contribution is 7.86. The molecule has 1 N–H and O–H groups in total. The predicted octanol–water partition coefficient (Wildman–Crippen LogP) is 3.64. The molecular weight excluding hydrogens is 394 g/mol. The van der Waals surface area contributed by atoms with Gasteiger partial charge in [-0.1, -0.05) is 42.5 Å². The molecule has 158 valence electrons. The lowest BCUT2D eigenvalue weighted by atomic mass is 10.1. The summed E-state index contributed by atoms with van der Waals surface area (Å²) in [6.45, 7) is 5.67. The fraction of sp³-hybridized carbons (Fsp3) is 0.381. The minimum Gasteiger partial charge on any atom is -0.444 e. The van der Waals surface area contributed by atoms with Gasteiger partial charge in [0.2, 0.25) is 0 Å². The molecule has 2 aromatic carbocycles. The number of alkyl carbamates (subject to hydrolysis) is 1. The van der Waals surface area contributed by atoms with Crippen molar-refractivity contribution < 1.29 is 26.9 Å². The number of carbonyl (C=O) groups excluding carboxylic acids is 1. The second-order valence-corrected chi connectivity index (χ2v) is 9.14. The molecule has 0 aromatic heterocycles. The highest BCUT2D eigenvalue weighted by Crippen LogP contribution is 2.16. The van der Waals surface area contributed by atoms with E-state index in [2.05, 4.69) is 5.32 Å². The molecule has 1 amide bonds. The van der Waals surface area contributed by atoms with Gasteiger partial charge < -0.3 is 13.7 Å². The van der Waals surface area contributed by atoms with E-state index in [0.29, 0.717) is 13.0 Å². The SMILES string of the molecule is CC(C)(C)OC(=O)NC(Cc1ccc(OS(C)(=O)=O)cc1)OCc1ccccc1. The molecule has 2 rings (SSSR count). The minimum atomic E-state index is -3.58. The monoisotopic (exact) mass is 421 g/mol. The lowest BCUT2D eigenvalue weighted by Gasteiger charge is -2.24. The predicted molar refractivity (Wildman–Crippen MR) is 110 cm³/mol. The maximum Gasteiger partial charge on any atom is 0.409 e. The summed E-state index contributed by atoms with van der Waals surface area (Å²) >= 11 is 0. The zero-order valence-electron chi connectivity index (χ0n) is 17.0. The highest BCUT2D eigenvalue weighted by atomic mass is 32.2. The van der Waals surface area contributed by atoms with Crippen LogP contribution in [0, 0.1) is 0 Å². The lowest BCUT2D eigenvalue weighted by molar-refractivity contribution is -0.000938. The molecule has 0 aliphatic carbocycles. The summed E-state index contributed by atoms with van der Waals surface area (Å²) < 4.78 is 38.5. The van der Waals surface area contributed by atoms with Crippen molar-refractivity contribution in [3.8, 4) is 5.75 Å². The van der Waals surface area contributed by atoms with Crippen molar-refractivity contribution in [2.24, 2.45) is 0 Å². The summed E-state index contributed by atoms with van der Waals surface area (Å²) in [5.74, 6) is 0.220. The molecule has 29 heavy (non-hydrogen) atoms. The molecule has 2 aromatic rings. The molecule has 0 fully saturated rings. The van der Waals surface area contributed by atoms with Crippen LogP contribution in [-0.4, -0.2) is 32.6 Å². The second kappa shape index (κ2) is 9.76. The van der Waals surface area contributed by atoms with Gasteiger partial charge >= 0.3 is 16.2 Å². The van der Waals surface area contributed by atoms with Gasteiger partial charge in [-0.15, -0.1) is 0 Å². The number of carbonyl (C=O) groups is 1. The topological polar surface area (TPSA) is 90.9 Å². The van der Waals surface area contributed by atoms with E-state index in [9.17, 15) is 13.2 Å². The van der Waals surface area contributed by atoms with Crippen LogP contribution in [0.4, 0.5) is 4.79 Å². The Kier molecular flexibility index (Phi) is 7.64. The van der Waals surface area contributed by atoms with E-state index in [4.69, 9.17) is 13.7 Å². The Hall–Kier alpha value is -2.58. The number of amides is 1. The van der Waals surface area contributed by atoms with E-state index in [-0.39, 0.29) is 5.75 Å². The summed E-state index contributed by atoms with van der Waals surface area (Å²) in [4.78, 5) is 12.2. The summed E-state index contributed by atoms with van der Waals surface area (Å²) in [5, 5.41) is 2.73. The quantitative estimate of drug-likeness (QED) is 0.517. The Balaban J connectivity index is 2.06. The fourth-order valence-corrected chi connectivity index (χ4v) is 2.89. The summed E-state index contributed by atoms with van der Waals surface area (Å²) in [7, 11) is -3.58. The molecule has 0 aliphatic heterocycles. The third kappa shape index (κ3) is 9.45. The Bertz CT molecular complexity index is 889. The molecule has 0 aliphatic rings. The number of rotatable bonds is 8. The highest BCUT2D eigenvalue weighted by Gasteiger charge is 2.20. The van der Waals surface area contributed by atoms with Crippen molar-refractivity contribution in [2.45, 2.75) is 45.6 Å². The van der Waals surface area contributed by atoms with Crippen LogP contribution >= 0.6 is 0 Å². The van der Waals surface area contributed by atoms with E-state index in [1.807, 2.05) is 30.3 Å². The van der Waals surface area contributed by atoms with Crippen LogP contribution in [0.1, 0.15) is 31.9 Å². The van der Waals surface area contributed by atoms with Crippen LogP contribution in [0.2, 0.25) is 0 Å². The van der Waals surface area contributed by atoms with E-state index in [1.54, 1.807) is 45.0 Å². The zero-order chi connectivity index (χ0) is 21.5. The standard InChI is InChI=1S/C21H27NO6S/c1-21(2,3)27-20(23)22-19(26-15-17-8-6-5-7-9-17)14-16-10-12-18(13-11-16)28-29(4,24)25/h5-13,19H,14-15H2,1-4H3,(H,22,23).